The molecule has 0 fully saturated rings. The Labute approximate surface area is 322 Å². The summed E-state index contributed by atoms with van der Waals surface area (Å²) in [5.41, 5.74) is 5.33. The highest BCUT2D eigenvalue weighted by molar-refractivity contribution is 7.47. The van der Waals surface area contributed by atoms with Gasteiger partial charge >= 0.3 is 19.8 Å². The average molecular weight is 762 g/mol. The molecule has 0 spiro atoms. The molecule has 0 aromatic rings. The molecule has 0 aromatic carbocycles. The molecular formula is C43H72NO8P. The molecule has 0 aliphatic rings. The number of esters is 2. The lowest BCUT2D eigenvalue weighted by Gasteiger charge is -2.19. The van der Waals surface area contributed by atoms with Gasteiger partial charge in [0, 0.05) is 19.4 Å². The standard InChI is InChI=1S/C43H72NO8P/c1-3-5-7-9-11-13-15-17-19-20-22-23-25-27-29-31-33-35-42(45)49-39-41(40-51-53(47,48)50-38-37-44)52-43(46)36-34-32-30-28-26-24-21-18-16-14-12-10-8-6-4-2/h6,8,11-14,17-19,21-23,27,29,41H,3-5,7,9-10,15-16,20,24-26,28,30-40,44H2,1-2H3,(H,47,48)/b8-6-,13-11-,14-12-,19-17-,21-18-,23-22-,29-27-/t41-/m1/s1. The molecule has 0 saturated heterocycles. The predicted octanol–water partition coefficient (Wildman–Crippen LogP) is 11.3. The minimum Gasteiger partial charge on any atom is -0.462 e. The zero-order valence-corrected chi connectivity index (χ0v) is 33.9. The Morgan fingerprint density at radius 3 is 1.60 bits per heavy atom. The summed E-state index contributed by atoms with van der Waals surface area (Å²) in [6.07, 6.45) is 47.6. The van der Waals surface area contributed by atoms with Crippen molar-refractivity contribution in [3.8, 4) is 0 Å². The van der Waals surface area contributed by atoms with E-state index in [1.165, 1.54) is 25.7 Å². The van der Waals surface area contributed by atoms with Crippen molar-refractivity contribution in [2.75, 3.05) is 26.4 Å². The van der Waals surface area contributed by atoms with Gasteiger partial charge in [0.2, 0.25) is 0 Å². The van der Waals surface area contributed by atoms with Gasteiger partial charge in [0.15, 0.2) is 6.10 Å². The van der Waals surface area contributed by atoms with Crippen LogP contribution in [0.1, 0.15) is 142 Å². The number of carbonyl (C=O) groups excluding carboxylic acids is 2. The van der Waals surface area contributed by atoms with Gasteiger partial charge in [-0.15, -0.1) is 0 Å². The molecule has 53 heavy (non-hydrogen) atoms. The Kier molecular flexibility index (Phi) is 36.8. The Morgan fingerprint density at radius 1 is 0.585 bits per heavy atom. The maximum Gasteiger partial charge on any atom is 0.472 e. The first-order chi connectivity index (χ1) is 25.8. The SMILES string of the molecule is CC/C=C\C/C=C\C/C=C\CCCCCCCC(=O)O[C@H](COC(=O)CCC/C=C\C/C=C\C/C=C\C/C=C\CCCCC)COP(=O)(O)OCCN. The monoisotopic (exact) mass is 761 g/mol. The van der Waals surface area contributed by atoms with Gasteiger partial charge in [-0.2, -0.15) is 0 Å². The number of hydrogen-bond acceptors (Lipinski definition) is 8. The van der Waals surface area contributed by atoms with Crippen LogP contribution in [0.2, 0.25) is 0 Å². The van der Waals surface area contributed by atoms with Gasteiger partial charge in [-0.3, -0.25) is 18.6 Å². The van der Waals surface area contributed by atoms with Crippen molar-refractivity contribution in [2.45, 2.75) is 148 Å². The average Bonchev–Trinajstić information content (AvgIpc) is 3.14. The number of phosphoric acid groups is 1. The molecule has 0 aliphatic heterocycles. The molecule has 3 N–H and O–H groups in total. The van der Waals surface area contributed by atoms with Crippen LogP contribution in [0.15, 0.2) is 85.1 Å². The zero-order valence-electron chi connectivity index (χ0n) is 33.0. The Bertz CT molecular complexity index is 1140. The summed E-state index contributed by atoms with van der Waals surface area (Å²) in [6.45, 7) is 3.48. The van der Waals surface area contributed by atoms with Gasteiger partial charge < -0.3 is 20.1 Å². The molecule has 0 saturated carbocycles. The van der Waals surface area contributed by atoms with E-state index in [4.69, 9.17) is 24.3 Å². The van der Waals surface area contributed by atoms with Crippen LogP contribution in [0, 0.1) is 0 Å². The number of phosphoric ester groups is 1. The van der Waals surface area contributed by atoms with Crippen molar-refractivity contribution in [3.05, 3.63) is 85.1 Å². The third kappa shape index (κ3) is 38.7. The van der Waals surface area contributed by atoms with E-state index in [-0.39, 0.29) is 32.6 Å². The molecular weight excluding hydrogens is 689 g/mol. The first-order valence-electron chi connectivity index (χ1n) is 20.1. The van der Waals surface area contributed by atoms with Crippen LogP contribution < -0.4 is 5.73 Å². The fourth-order valence-corrected chi connectivity index (χ4v) is 5.58. The highest BCUT2D eigenvalue weighted by atomic mass is 31.2. The molecule has 1 unspecified atom stereocenters. The van der Waals surface area contributed by atoms with E-state index < -0.39 is 32.5 Å². The van der Waals surface area contributed by atoms with Crippen LogP contribution in [-0.2, 0) is 32.7 Å². The van der Waals surface area contributed by atoms with Crippen molar-refractivity contribution < 1.29 is 37.6 Å². The van der Waals surface area contributed by atoms with Crippen LogP contribution in [-0.4, -0.2) is 49.3 Å². The van der Waals surface area contributed by atoms with Crippen molar-refractivity contribution in [3.63, 3.8) is 0 Å². The molecule has 0 heterocycles. The predicted molar refractivity (Wildman–Crippen MR) is 219 cm³/mol. The van der Waals surface area contributed by atoms with Crippen molar-refractivity contribution in [1.82, 2.24) is 0 Å². The Morgan fingerprint density at radius 2 is 1.06 bits per heavy atom. The number of carbonyl (C=O) groups is 2. The van der Waals surface area contributed by atoms with Crippen molar-refractivity contribution in [2.24, 2.45) is 5.73 Å². The lowest BCUT2D eigenvalue weighted by Crippen LogP contribution is -2.29. The molecule has 10 heteroatoms. The quantitative estimate of drug-likeness (QED) is 0.0277. The summed E-state index contributed by atoms with van der Waals surface area (Å²) >= 11 is 0. The van der Waals surface area contributed by atoms with E-state index in [1.54, 1.807) is 0 Å². The van der Waals surface area contributed by atoms with Crippen LogP contribution in [0.5, 0.6) is 0 Å². The maximum atomic E-state index is 12.5. The fourth-order valence-electron chi connectivity index (χ4n) is 4.82. The molecule has 0 rings (SSSR count). The molecule has 0 aliphatic carbocycles. The number of allylic oxidation sites excluding steroid dienone is 14. The van der Waals surface area contributed by atoms with Gasteiger partial charge in [0.25, 0.3) is 0 Å². The molecule has 0 aromatic heterocycles. The second-order valence-electron chi connectivity index (χ2n) is 12.8. The zero-order chi connectivity index (χ0) is 38.9. The van der Waals surface area contributed by atoms with Gasteiger partial charge in [-0.05, 0) is 83.5 Å². The van der Waals surface area contributed by atoms with Gasteiger partial charge in [0.05, 0.1) is 13.2 Å². The lowest BCUT2D eigenvalue weighted by molar-refractivity contribution is -0.161. The first kappa shape index (κ1) is 50.2. The van der Waals surface area contributed by atoms with E-state index in [0.717, 1.165) is 77.0 Å². The Hall–Kier alpha value is -2.81. The molecule has 9 nitrogen and oxygen atoms in total. The lowest BCUT2D eigenvalue weighted by atomic mass is 10.1. The largest absolute Gasteiger partial charge is 0.472 e. The molecule has 0 amide bonds. The van der Waals surface area contributed by atoms with Crippen molar-refractivity contribution in [1.29, 1.82) is 0 Å². The number of unbranched alkanes of at least 4 members (excludes halogenated alkanes) is 9. The van der Waals surface area contributed by atoms with Gasteiger partial charge in [0.1, 0.15) is 6.61 Å². The van der Waals surface area contributed by atoms with E-state index in [0.29, 0.717) is 12.8 Å². The van der Waals surface area contributed by atoms with Gasteiger partial charge in [-0.1, -0.05) is 131 Å². The number of rotatable bonds is 36. The summed E-state index contributed by atoms with van der Waals surface area (Å²) < 4.78 is 32.6. The van der Waals surface area contributed by atoms with Crippen LogP contribution >= 0.6 is 7.82 Å². The van der Waals surface area contributed by atoms with E-state index in [2.05, 4.69) is 92.8 Å². The number of ether oxygens (including phenoxy) is 2. The molecule has 0 bridgehead atoms. The molecule has 302 valence electrons. The molecule has 2 atom stereocenters. The summed E-state index contributed by atoms with van der Waals surface area (Å²) in [5.74, 6) is -0.924. The van der Waals surface area contributed by atoms with Crippen LogP contribution in [0.3, 0.4) is 0 Å². The van der Waals surface area contributed by atoms with Crippen molar-refractivity contribution >= 4 is 19.8 Å². The summed E-state index contributed by atoms with van der Waals surface area (Å²) in [7, 11) is -4.40. The number of hydrogen-bond donors (Lipinski definition) is 2. The second kappa shape index (κ2) is 38.9. The third-order valence-corrected chi connectivity index (χ3v) is 8.75. The summed E-state index contributed by atoms with van der Waals surface area (Å²) in [4.78, 5) is 34.8. The highest BCUT2D eigenvalue weighted by Crippen LogP contribution is 2.43. The minimum absolute atomic E-state index is 0.0384. The summed E-state index contributed by atoms with van der Waals surface area (Å²) in [6, 6.07) is 0. The molecule has 0 radical (unpaired) electrons. The highest BCUT2D eigenvalue weighted by Gasteiger charge is 2.25. The van der Waals surface area contributed by atoms with Gasteiger partial charge in [-0.25, -0.2) is 4.57 Å². The maximum absolute atomic E-state index is 12.5. The first-order valence-corrected chi connectivity index (χ1v) is 21.6. The summed E-state index contributed by atoms with van der Waals surface area (Å²) in [5, 5.41) is 0. The minimum atomic E-state index is -4.40. The van der Waals surface area contributed by atoms with Crippen LogP contribution in [0.25, 0.3) is 0 Å². The van der Waals surface area contributed by atoms with E-state index in [9.17, 15) is 19.0 Å². The number of nitrogens with two attached hydrogens (primary N) is 1. The third-order valence-electron chi connectivity index (χ3n) is 7.77. The normalized spacial score (nSPS) is 14.3. The van der Waals surface area contributed by atoms with Crippen LogP contribution in [0.4, 0.5) is 0 Å². The second-order valence-corrected chi connectivity index (χ2v) is 14.2. The van der Waals surface area contributed by atoms with E-state index >= 15 is 0 Å². The van der Waals surface area contributed by atoms with E-state index in [1.807, 2.05) is 6.08 Å². The smallest absolute Gasteiger partial charge is 0.462 e. The fraction of sp³-hybridized carbons (Fsp3) is 0.628. The topological polar surface area (TPSA) is 134 Å². The Balaban J connectivity index is 4.34.